The number of nitrogens with zero attached hydrogens (tertiary/aromatic N) is 2. The van der Waals surface area contributed by atoms with Gasteiger partial charge in [-0.3, -0.25) is 0 Å². The van der Waals surface area contributed by atoms with Crippen molar-refractivity contribution in [2.24, 2.45) is 0 Å². The molecule has 1 unspecified atom stereocenters. The molecule has 1 fully saturated rings. The lowest BCUT2D eigenvalue weighted by atomic mass is 10.2. The number of nitrogens with one attached hydrogen (secondary N) is 2. The fourth-order valence-electron chi connectivity index (χ4n) is 2.37. The molecule has 2 heterocycles. The smallest absolute Gasteiger partial charge is 0.244 e. The molecule has 1 aliphatic heterocycles. The van der Waals surface area contributed by atoms with Gasteiger partial charge in [-0.2, -0.15) is 4.31 Å². The maximum atomic E-state index is 12.7. The Morgan fingerprint density at radius 1 is 1.43 bits per heavy atom. The highest BCUT2D eigenvalue weighted by molar-refractivity contribution is 7.89. The van der Waals surface area contributed by atoms with Gasteiger partial charge in [-0.25, -0.2) is 8.42 Å². The summed E-state index contributed by atoms with van der Waals surface area (Å²) in [6, 6.07) is 2.34. The van der Waals surface area contributed by atoms with Crippen LogP contribution in [0.25, 0.3) is 0 Å². The van der Waals surface area contributed by atoms with Crippen molar-refractivity contribution in [1.29, 1.82) is 0 Å². The van der Waals surface area contributed by atoms with Crippen molar-refractivity contribution in [3.05, 3.63) is 18.0 Å². The summed E-state index contributed by atoms with van der Waals surface area (Å²) in [5.41, 5.74) is 0.893. The number of rotatable bonds is 5. The van der Waals surface area contributed by atoms with Gasteiger partial charge in [-0.05, 0) is 20.0 Å². The molecule has 21 heavy (non-hydrogen) atoms. The first kappa shape index (κ1) is 16.5. The van der Waals surface area contributed by atoms with Gasteiger partial charge in [0.15, 0.2) is 0 Å². The number of sulfonamides is 1. The van der Waals surface area contributed by atoms with Crippen LogP contribution < -0.4 is 5.32 Å². The fourth-order valence-corrected chi connectivity index (χ4v) is 3.90. The topological polar surface area (TPSA) is 68.4 Å². The van der Waals surface area contributed by atoms with Crippen molar-refractivity contribution < 1.29 is 8.42 Å². The van der Waals surface area contributed by atoms with E-state index in [1.54, 1.807) is 16.6 Å². The number of aromatic amines is 1. The Bertz CT molecular complexity index is 567. The first-order chi connectivity index (χ1) is 9.80. The molecule has 1 aromatic heterocycles. The van der Waals surface area contributed by atoms with Crippen LogP contribution in [0.2, 0.25) is 0 Å². The predicted octanol–water partition coefficient (Wildman–Crippen LogP) is 0.837. The highest BCUT2D eigenvalue weighted by Crippen LogP contribution is 2.20. The van der Waals surface area contributed by atoms with Crippen LogP contribution >= 0.6 is 0 Å². The molecule has 0 spiro atoms. The summed E-state index contributed by atoms with van der Waals surface area (Å²) in [4.78, 5) is 5.59. The van der Waals surface area contributed by atoms with Crippen LogP contribution in [0, 0.1) is 0 Å². The third kappa shape index (κ3) is 3.85. The van der Waals surface area contributed by atoms with Crippen LogP contribution in [0.3, 0.4) is 0 Å². The normalized spacial score (nSPS) is 22.0. The molecule has 0 aromatic carbocycles. The molecule has 0 aliphatic carbocycles. The quantitative estimate of drug-likeness (QED) is 0.845. The van der Waals surface area contributed by atoms with E-state index in [0.717, 1.165) is 12.2 Å². The largest absolute Gasteiger partial charge is 0.363 e. The standard InChI is InChI=1S/C14H26N4O2S/c1-11(2)15-8-13-7-14(9-16-13)21(19,20)18-6-5-17(4)12(3)10-18/h7,9,11-12,15-16H,5-6,8,10H2,1-4H3. The Balaban J connectivity index is 2.09. The molecule has 120 valence electrons. The first-order valence-electron chi connectivity index (χ1n) is 7.41. The molecule has 2 rings (SSSR count). The zero-order valence-corrected chi connectivity index (χ0v) is 14.1. The highest BCUT2D eigenvalue weighted by atomic mass is 32.2. The number of aromatic nitrogens is 1. The molecule has 1 saturated heterocycles. The monoisotopic (exact) mass is 314 g/mol. The molecular weight excluding hydrogens is 288 g/mol. The number of piperazine rings is 1. The zero-order valence-electron chi connectivity index (χ0n) is 13.3. The summed E-state index contributed by atoms with van der Waals surface area (Å²) in [5, 5.41) is 3.27. The van der Waals surface area contributed by atoms with E-state index in [1.807, 2.05) is 7.05 Å². The molecule has 1 aliphatic rings. The van der Waals surface area contributed by atoms with E-state index < -0.39 is 10.0 Å². The number of likely N-dealkylation sites (N-methyl/N-ethyl adjacent to an activating group) is 1. The lowest BCUT2D eigenvalue weighted by molar-refractivity contribution is 0.159. The second-order valence-corrected chi connectivity index (χ2v) is 8.03. The molecule has 0 amide bonds. The maximum Gasteiger partial charge on any atom is 0.244 e. The van der Waals surface area contributed by atoms with Crippen LogP contribution in [0.1, 0.15) is 26.5 Å². The van der Waals surface area contributed by atoms with Crippen molar-refractivity contribution in [2.45, 2.75) is 44.3 Å². The second kappa shape index (κ2) is 6.48. The van der Waals surface area contributed by atoms with E-state index in [9.17, 15) is 8.42 Å². The molecule has 6 nitrogen and oxygen atoms in total. The van der Waals surface area contributed by atoms with Gasteiger partial charge in [0, 0.05) is 50.2 Å². The minimum absolute atomic E-state index is 0.245. The van der Waals surface area contributed by atoms with Crippen molar-refractivity contribution in [2.75, 3.05) is 26.7 Å². The Morgan fingerprint density at radius 2 is 2.14 bits per heavy atom. The molecule has 0 radical (unpaired) electrons. The Labute approximate surface area is 127 Å². The summed E-state index contributed by atoms with van der Waals surface area (Å²) in [6.45, 7) is 8.69. The molecule has 1 atom stereocenters. The summed E-state index contributed by atoms with van der Waals surface area (Å²) >= 11 is 0. The van der Waals surface area contributed by atoms with Crippen LogP contribution in [0.15, 0.2) is 17.2 Å². The van der Waals surface area contributed by atoms with Crippen LogP contribution in [-0.4, -0.2) is 61.4 Å². The number of H-pyrrole nitrogens is 1. The van der Waals surface area contributed by atoms with Gasteiger partial charge >= 0.3 is 0 Å². The molecular formula is C14H26N4O2S. The van der Waals surface area contributed by atoms with Crippen LogP contribution in [0.4, 0.5) is 0 Å². The predicted molar refractivity (Wildman–Crippen MR) is 83.6 cm³/mol. The average Bonchev–Trinajstić information content (AvgIpc) is 2.89. The highest BCUT2D eigenvalue weighted by Gasteiger charge is 2.31. The van der Waals surface area contributed by atoms with E-state index in [-0.39, 0.29) is 6.04 Å². The molecule has 1 aromatic rings. The Morgan fingerprint density at radius 3 is 2.76 bits per heavy atom. The Kier molecular flexibility index (Phi) is 5.08. The van der Waals surface area contributed by atoms with Crippen molar-refractivity contribution >= 4 is 10.0 Å². The first-order valence-corrected chi connectivity index (χ1v) is 8.85. The Hall–Kier alpha value is -0.890. The van der Waals surface area contributed by atoms with Gasteiger partial charge in [0.05, 0.1) is 4.90 Å². The van der Waals surface area contributed by atoms with Gasteiger partial charge in [0.1, 0.15) is 0 Å². The summed E-state index contributed by atoms with van der Waals surface area (Å²) in [5.74, 6) is 0. The van der Waals surface area contributed by atoms with E-state index >= 15 is 0 Å². The van der Waals surface area contributed by atoms with Gasteiger partial charge in [-0.15, -0.1) is 0 Å². The van der Waals surface area contributed by atoms with Gasteiger partial charge in [0.2, 0.25) is 10.0 Å². The minimum atomic E-state index is -3.39. The second-order valence-electron chi connectivity index (χ2n) is 6.09. The van der Waals surface area contributed by atoms with Crippen molar-refractivity contribution in [1.82, 2.24) is 19.5 Å². The lowest BCUT2D eigenvalue weighted by Gasteiger charge is -2.36. The van der Waals surface area contributed by atoms with E-state index in [1.165, 1.54) is 0 Å². The lowest BCUT2D eigenvalue weighted by Crippen LogP contribution is -2.51. The average molecular weight is 314 g/mol. The van der Waals surface area contributed by atoms with E-state index in [2.05, 4.69) is 36.0 Å². The molecule has 0 saturated carbocycles. The van der Waals surface area contributed by atoms with Crippen LogP contribution in [-0.2, 0) is 16.6 Å². The minimum Gasteiger partial charge on any atom is -0.363 e. The molecule has 7 heteroatoms. The van der Waals surface area contributed by atoms with Crippen molar-refractivity contribution in [3.8, 4) is 0 Å². The maximum absolute atomic E-state index is 12.7. The van der Waals surface area contributed by atoms with E-state index in [0.29, 0.717) is 30.6 Å². The summed E-state index contributed by atoms with van der Waals surface area (Å²) in [6.07, 6.45) is 1.59. The third-order valence-corrected chi connectivity index (χ3v) is 5.82. The van der Waals surface area contributed by atoms with Gasteiger partial charge in [-0.1, -0.05) is 13.8 Å². The van der Waals surface area contributed by atoms with Crippen molar-refractivity contribution in [3.63, 3.8) is 0 Å². The molecule has 0 bridgehead atoms. The summed E-state index contributed by atoms with van der Waals surface area (Å²) < 4.78 is 26.9. The van der Waals surface area contributed by atoms with Gasteiger partial charge in [0.25, 0.3) is 0 Å². The van der Waals surface area contributed by atoms with E-state index in [4.69, 9.17) is 0 Å². The SMILES string of the molecule is CC(C)NCc1cc(S(=O)(=O)N2CCN(C)C(C)C2)c[nH]1. The number of hydrogen-bond donors (Lipinski definition) is 2. The van der Waals surface area contributed by atoms with Crippen LogP contribution in [0.5, 0.6) is 0 Å². The van der Waals surface area contributed by atoms with Gasteiger partial charge < -0.3 is 15.2 Å². The fraction of sp³-hybridized carbons (Fsp3) is 0.714. The molecule has 2 N–H and O–H groups in total. The third-order valence-electron chi connectivity index (χ3n) is 3.98. The number of hydrogen-bond acceptors (Lipinski definition) is 4. The summed E-state index contributed by atoms with van der Waals surface area (Å²) in [7, 11) is -1.36. The zero-order chi connectivity index (χ0) is 15.6.